The van der Waals surface area contributed by atoms with Gasteiger partial charge in [-0.1, -0.05) is 0 Å². The number of aromatic nitrogens is 2. The highest BCUT2D eigenvalue weighted by Crippen LogP contribution is 2.23. The number of ether oxygens (including phenoxy) is 1. The number of hydrogen-bond acceptors (Lipinski definition) is 6. The lowest BCUT2D eigenvalue weighted by atomic mass is 10.1. The summed E-state index contributed by atoms with van der Waals surface area (Å²) in [7, 11) is 1.56. The van der Waals surface area contributed by atoms with E-state index in [1.807, 2.05) is 0 Å². The van der Waals surface area contributed by atoms with E-state index in [1.165, 1.54) is 35.2 Å². The van der Waals surface area contributed by atoms with Crippen LogP contribution in [0.3, 0.4) is 0 Å². The van der Waals surface area contributed by atoms with Gasteiger partial charge in [0.05, 0.1) is 42.1 Å². The van der Waals surface area contributed by atoms with Gasteiger partial charge < -0.3 is 9.84 Å². The number of rotatable bonds is 7. The van der Waals surface area contributed by atoms with E-state index >= 15 is 0 Å². The molecule has 0 radical (unpaired) electrons. The topological polar surface area (TPSA) is 123 Å². The van der Waals surface area contributed by atoms with Gasteiger partial charge in [-0.05, 0) is 36.4 Å². The number of nitro benzene ring substituents is 1. The van der Waals surface area contributed by atoms with E-state index in [4.69, 9.17) is 9.84 Å². The molecule has 1 heterocycles. The number of aliphatic hydroxyl groups is 1. The Bertz CT molecular complexity index is 1050. The molecule has 0 fully saturated rings. The molecule has 0 saturated carbocycles. The normalized spacial score (nSPS) is 11.1. The molecule has 3 rings (SSSR count). The van der Waals surface area contributed by atoms with E-state index in [2.05, 4.69) is 10.1 Å². The highest BCUT2D eigenvalue weighted by molar-refractivity contribution is 5.88. The Morgan fingerprint density at radius 3 is 2.46 bits per heavy atom. The van der Waals surface area contributed by atoms with Gasteiger partial charge in [-0.15, -0.1) is 0 Å². The summed E-state index contributed by atoms with van der Waals surface area (Å²) >= 11 is 0. The molecule has 2 N–H and O–H groups in total. The average Bonchev–Trinajstić information content (AvgIpc) is 3.05. The van der Waals surface area contributed by atoms with Crippen molar-refractivity contribution >= 4 is 11.9 Å². The first-order valence-corrected chi connectivity index (χ1v) is 8.40. The lowest BCUT2D eigenvalue weighted by molar-refractivity contribution is -0.384. The van der Waals surface area contributed by atoms with Gasteiger partial charge in [0.2, 0.25) is 0 Å². The number of non-ortho nitro benzene ring substituents is 1. The zero-order chi connectivity index (χ0) is 20.1. The average molecular weight is 382 g/mol. The third kappa shape index (κ3) is 3.84. The highest BCUT2D eigenvalue weighted by atomic mass is 16.6. The van der Waals surface area contributed by atoms with E-state index in [1.54, 1.807) is 31.4 Å². The fourth-order valence-electron chi connectivity index (χ4n) is 2.67. The molecule has 2 aromatic carbocycles. The van der Waals surface area contributed by atoms with Crippen LogP contribution in [-0.4, -0.2) is 46.3 Å². The van der Waals surface area contributed by atoms with Crippen LogP contribution in [0.1, 0.15) is 5.56 Å². The van der Waals surface area contributed by atoms with Gasteiger partial charge in [-0.3, -0.25) is 25.0 Å². The maximum atomic E-state index is 12.9. The van der Waals surface area contributed by atoms with Crippen molar-refractivity contribution in [3.8, 4) is 22.7 Å². The first kappa shape index (κ1) is 19.1. The standard InChI is InChI=1S/C19H18N4O5/c1-28-16-8-2-13(3-9-16)18-17(12-20-10-11-24)19(25)22(21-18)14-4-6-15(7-5-14)23(26)27/h2-9,12,21,24H,10-11H2,1H3. The summed E-state index contributed by atoms with van der Waals surface area (Å²) < 4.78 is 6.45. The molecule has 0 aliphatic rings. The molecule has 0 unspecified atom stereocenters. The summed E-state index contributed by atoms with van der Waals surface area (Å²) in [5.41, 5.74) is 1.62. The second-order valence-electron chi connectivity index (χ2n) is 5.80. The van der Waals surface area contributed by atoms with E-state index < -0.39 is 4.92 Å². The lowest BCUT2D eigenvalue weighted by Gasteiger charge is -2.04. The Balaban J connectivity index is 2.11. The second-order valence-corrected chi connectivity index (χ2v) is 5.80. The fourth-order valence-corrected chi connectivity index (χ4v) is 2.67. The number of aromatic amines is 1. The number of nitro groups is 1. The van der Waals surface area contributed by atoms with Crippen molar-refractivity contribution in [2.45, 2.75) is 0 Å². The SMILES string of the molecule is COc1ccc(-c2[nH]n(-c3ccc([N+](=O)[O-])cc3)c(=O)c2C=NCCO)cc1. The van der Waals surface area contributed by atoms with Gasteiger partial charge in [-0.2, -0.15) is 0 Å². The van der Waals surface area contributed by atoms with E-state index in [0.29, 0.717) is 22.7 Å². The molecule has 9 nitrogen and oxygen atoms in total. The molecule has 3 aromatic rings. The van der Waals surface area contributed by atoms with Gasteiger partial charge in [0.15, 0.2) is 0 Å². The third-order valence-corrected chi connectivity index (χ3v) is 4.07. The summed E-state index contributed by atoms with van der Waals surface area (Å²) in [5, 5.41) is 22.8. The van der Waals surface area contributed by atoms with Crippen LogP contribution in [0, 0.1) is 10.1 Å². The van der Waals surface area contributed by atoms with Gasteiger partial charge in [0, 0.05) is 23.9 Å². The zero-order valence-electron chi connectivity index (χ0n) is 15.0. The van der Waals surface area contributed by atoms with Crippen LogP contribution < -0.4 is 10.3 Å². The number of aliphatic hydroxyl groups excluding tert-OH is 1. The van der Waals surface area contributed by atoms with Crippen LogP contribution >= 0.6 is 0 Å². The molecule has 144 valence electrons. The molecule has 0 aliphatic carbocycles. The Hall–Kier alpha value is -3.72. The lowest BCUT2D eigenvalue weighted by Crippen LogP contribution is -2.17. The molecule has 0 atom stereocenters. The number of nitrogens with zero attached hydrogens (tertiary/aromatic N) is 3. The van der Waals surface area contributed by atoms with Crippen LogP contribution in [0.25, 0.3) is 16.9 Å². The molecule has 0 spiro atoms. The summed E-state index contributed by atoms with van der Waals surface area (Å²) in [6.07, 6.45) is 1.41. The summed E-state index contributed by atoms with van der Waals surface area (Å²) in [6, 6.07) is 12.8. The number of aliphatic imine (C=N–C) groups is 1. The van der Waals surface area contributed by atoms with Crippen LogP contribution in [0.4, 0.5) is 5.69 Å². The highest BCUT2D eigenvalue weighted by Gasteiger charge is 2.16. The maximum absolute atomic E-state index is 12.9. The largest absolute Gasteiger partial charge is 0.497 e. The summed E-state index contributed by atoms with van der Waals surface area (Å²) in [5.74, 6) is 0.677. The number of nitrogens with one attached hydrogen (secondary N) is 1. The van der Waals surface area contributed by atoms with Crippen LogP contribution in [0.2, 0.25) is 0 Å². The summed E-state index contributed by atoms with van der Waals surface area (Å²) in [4.78, 5) is 27.3. The van der Waals surface area contributed by atoms with Crippen molar-refractivity contribution in [1.29, 1.82) is 0 Å². The minimum absolute atomic E-state index is 0.0662. The second kappa shape index (κ2) is 8.31. The molecule has 0 amide bonds. The van der Waals surface area contributed by atoms with Crippen molar-refractivity contribution in [2.24, 2.45) is 4.99 Å². The first-order chi connectivity index (χ1) is 13.5. The predicted molar refractivity (Wildman–Crippen MR) is 105 cm³/mol. The Labute approximate surface area is 159 Å². The maximum Gasteiger partial charge on any atom is 0.280 e. The number of benzene rings is 2. The molecular formula is C19H18N4O5. The van der Waals surface area contributed by atoms with Crippen LogP contribution in [-0.2, 0) is 0 Å². The molecule has 28 heavy (non-hydrogen) atoms. The zero-order valence-corrected chi connectivity index (χ0v) is 15.0. The summed E-state index contributed by atoms with van der Waals surface area (Å²) in [6.45, 7) is 0.0412. The number of hydrogen-bond donors (Lipinski definition) is 2. The van der Waals surface area contributed by atoms with Crippen molar-refractivity contribution in [2.75, 3.05) is 20.3 Å². The van der Waals surface area contributed by atoms with E-state index in [0.717, 1.165) is 5.56 Å². The van der Waals surface area contributed by atoms with E-state index in [9.17, 15) is 14.9 Å². The van der Waals surface area contributed by atoms with Crippen molar-refractivity contribution in [1.82, 2.24) is 9.78 Å². The molecule has 9 heteroatoms. The Morgan fingerprint density at radius 1 is 1.21 bits per heavy atom. The molecule has 0 aliphatic heterocycles. The van der Waals surface area contributed by atoms with Crippen molar-refractivity contribution in [3.05, 3.63) is 74.6 Å². The molecule has 0 saturated heterocycles. The minimum atomic E-state index is -0.503. The quantitative estimate of drug-likeness (QED) is 0.368. The molecule has 1 aromatic heterocycles. The van der Waals surface area contributed by atoms with Gasteiger partial charge in [-0.25, -0.2) is 4.68 Å². The molecule has 0 bridgehead atoms. The third-order valence-electron chi connectivity index (χ3n) is 4.07. The van der Waals surface area contributed by atoms with Crippen molar-refractivity contribution < 1.29 is 14.8 Å². The van der Waals surface area contributed by atoms with Crippen molar-refractivity contribution in [3.63, 3.8) is 0 Å². The fraction of sp³-hybridized carbons (Fsp3) is 0.158. The van der Waals surface area contributed by atoms with Crippen LogP contribution in [0.5, 0.6) is 5.75 Å². The Morgan fingerprint density at radius 2 is 1.89 bits per heavy atom. The van der Waals surface area contributed by atoms with Gasteiger partial charge in [0.25, 0.3) is 11.2 Å². The van der Waals surface area contributed by atoms with Gasteiger partial charge >= 0.3 is 0 Å². The monoisotopic (exact) mass is 382 g/mol. The Kier molecular flexibility index (Phi) is 5.66. The first-order valence-electron chi connectivity index (χ1n) is 8.40. The molecular weight excluding hydrogens is 364 g/mol. The minimum Gasteiger partial charge on any atom is -0.497 e. The smallest absolute Gasteiger partial charge is 0.280 e. The number of H-pyrrole nitrogens is 1. The van der Waals surface area contributed by atoms with Crippen LogP contribution in [0.15, 0.2) is 58.3 Å². The predicted octanol–water partition coefficient (Wildman–Crippen LogP) is 2.16. The van der Waals surface area contributed by atoms with Gasteiger partial charge in [0.1, 0.15) is 5.75 Å². The van der Waals surface area contributed by atoms with E-state index in [-0.39, 0.29) is 24.4 Å². The number of methoxy groups -OCH3 is 1.